The Hall–Kier alpha value is -1.14. The molecule has 1 aromatic carbocycles. The number of para-hydroxylation sites is 1. The lowest BCUT2D eigenvalue weighted by molar-refractivity contribution is 0.229. The highest BCUT2D eigenvalue weighted by Crippen LogP contribution is 2.32. The zero-order valence-electron chi connectivity index (χ0n) is 14.2. The summed E-state index contributed by atoms with van der Waals surface area (Å²) < 4.78 is 5.37. The van der Waals surface area contributed by atoms with Crippen LogP contribution in [0.3, 0.4) is 0 Å². The van der Waals surface area contributed by atoms with E-state index in [9.17, 15) is 4.79 Å². The molecule has 0 bridgehead atoms. The third-order valence-corrected chi connectivity index (χ3v) is 5.73. The van der Waals surface area contributed by atoms with E-state index >= 15 is 0 Å². The van der Waals surface area contributed by atoms with Crippen LogP contribution in [0.4, 0.5) is 4.79 Å². The largest absolute Gasteiger partial charge is 0.496 e. The van der Waals surface area contributed by atoms with Crippen molar-refractivity contribution in [1.29, 1.82) is 0 Å². The third-order valence-electron chi connectivity index (χ3n) is 3.62. The first kappa shape index (κ1) is 18.2. The van der Waals surface area contributed by atoms with E-state index in [-0.39, 0.29) is 10.7 Å². The van der Waals surface area contributed by atoms with Crippen LogP contribution in [0.5, 0.6) is 5.75 Å². The van der Waals surface area contributed by atoms with Crippen LogP contribution in [0.2, 0.25) is 0 Å². The Morgan fingerprint density at radius 3 is 2.87 bits per heavy atom. The van der Waals surface area contributed by atoms with Gasteiger partial charge in [-0.1, -0.05) is 55.6 Å². The van der Waals surface area contributed by atoms with Crippen LogP contribution in [0, 0.1) is 5.41 Å². The normalized spacial score (nSPS) is 19.0. The Morgan fingerprint density at radius 2 is 2.17 bits per heavy atom. The Balaban J connectivity index is 2.06. The summed E-state index contributed by atoms with van der Waals surface area (Å²) in [6.45, 7) is 5.76. The predicted molar refractivity (Wildman–Crippen MR) is 101 cm³/mol. The molecule has 6 heteroatoms. The zero-order chi connectivity index (χ0) is 16.9. The number of amides is 1. The molecule has 0 aliphatic carbocycles. The SMILES string of the molecule is COc1ccccc1CC/N=C1\SCC(C)(C)CN1C(=O)SC. The number of carbonyl (C=O) groups excluding carboxylic acids is 1. The first-order valence-corrected chi connectivity index (χ1v) is 9.82. The van der Waals surface area contributed by atoms with Crippen molar-refractivity contribution in [3.63, 3.8) is 0 Å². The monoisotopic (exact) mass is 352 g/mol. The molecule has 1 fully saturated rings. The third kappa shape index (κ3) is 4.91. The number of rotatable bonds is 4. The summed E-state index contributed by atoms with van der Waals surface area (Å²) in [5.74, 6) is 1.88. The molecule has 1 aliphatic rings. The average molecular weight is 353 g/mol. The highest BCUT2D eigenvalue weighted by Gasteiger charge is 2.33. The summed E-state index contributed by atoms with van der Waals surface area (Å²) >= 11 is 2.92. The Kier molecular flexibility index (Phi) is 6.41. The molecule has 0 aromatic heterocycles. The minimum absolute atomic E-state index is 0.0707. The van der Waals surface area contributed by atoms with Crippen molar-refractivity contribution in [2.45, 2.75) is 20.3 Å². The van der Waals surface area contributed by atoms with Gasteiger partial charge in [-0.15, -0.1) is 0 Å². The van der Waals surface area contributed by atoms with Gasteiger partial charge in [-0.25, -0.2) is 0 Å². The topological polar surface area (TPSA) is 41.9 Å². The summed E-state index contributed by atoms with van der Waals surface area (Å²) in [6, 6.07) is 7.99. The van der Waals surface area contributed by atoms with Gasteiger partial charge in [0.1, 0.15) is 5.75 Å². The second-order valence-corrected chi connectivity index (χ2v) is 7.94. The van der Waals surface area contributed by atoms with Crippen molar-refractivity contribution >= 4 is 33.9 Å². The zero-order valence-corrected chi connectivity index (χ0v) is 15.8. The number of aliphatic imine (C=N–C) groups is 1. The van der Waals surface area contributed by atoms with Crippen molar-refractivity contribution in [3.05, 3.63) is 29.8 Å². The number of benzene rings is 1. The van der Waals surface area contributed by atoms with Gasteiger partial charge >= 0.3 is 0 Å². The van der Waals surface area contributed by atoms with Gasteiger partial charge in [-0.2, -0.15) is 0 Å². The fraction of sp³-hybridized carbons (Fsp3) is 0.529. The highest BCUT2D eigenvalue weighted by atomic mass is 32.2. The molecule has 0 unspecified atom stereocenters. The maximum atomic E-state index is 12.2. The van der Waals surface area contributed by atoms with Gasteiger partial charge in [0.05, 0.1) is 7.11 Å². The van der Waals surface area contributed by atoms with Crippen LogP contribution in [-0.4, -0.2) is 47.5 Å². The molecule has 1 saturated heterocycles. The molecule has 23 heavy (non-hydrogen) atoms. The molecule has 1 aliphatic heterocycles. The van der Waals surface area contributed by atoms with E-state index in [1.807, 2.05) is 29.4 Å². The van der Waals surface area contributed by atoms with E-state index in [1.54, 1.807) is 18.9 Å². The summed E-state index contributed by atoms with van der Waals surface area (Å²) in [6.07, 6.45) is 2.62. The molecule has 0 saturated carbocycles. The molecule has 1 heterocycles. The van der Waals surface area contributed by atoms with E-state index in [2.05, 4.69) is 24.9 Å². The summed E-state index contributed by atoms with van der Waals surface area (Å²) in [5, 5.41) is 0.917. The van der Waals surface area contributed by atoms with Crippen LogP contribution >= 0.6 is 23.5 Å². The molecule has 1 aromatic rings. The fourth-order valence-corrected chi connectivity index (χ4v) is 3.97. The van der Waals surface area contributed by atoms with Crippen LogP contribution in [0.1, 0.15) is 19.4 Å². The smallest absolute Gasteiger partial charge is 0.287 e. The number of thioether (sulfide) groups is 2. The van der Waals surface area contributed by atoms with Crippen molar-refractivity contribution in [2.75, 3.05) is 32.2 Å². The second kappa shape index (κ2) is 8.11. The number of methoxy groups -OCH3 is 1. The van der Waals surface area contributed by atoms with Gasteiger partial charge in [-0.05, 0) is 29.7 Å². The van der Waals surface area contributed by atoms with Crippen molar-refractivity contribution < 1.29 is 9.53 Å². The predicted octanol–water partition coefficient (Wildman–Crippen LogP) is 4.15. The van der Waals surface area contributed by atoms with Crippen LogP contribution in [0.15, 0.2) is 29.3 Å². The molecule has 4 nitrogen and oxygen atoms in total. The minimum atomic E-state index is 0.0707. The van der Waals surface area contributed by atoms with E-state index in [1.165, 1.54) is 11.8 Å². The molecule has 2 rings (SSSR count). The molecule has 1 amide bonds. The van der Waals surface area contributed by atoms with Crippen LogP contribution < -0.4 is 4.74 Å². The van der Waals surface area contributed by atoms with E-state index in [0.717, 1.165) is 35.2 Å². The summed E-state index contributed by atoms with van der Waals surface area (Å²) in [7, 11) is 1.68. The van der Waals surface area contributed by atoms with Crippen molar-refractivity contribution in [1.82, 2.24) is 4.90 Å². The Labute approximate surface area is 147 Å². The lowest BCUT2D eigenvalue weighted by Gasteiger charge is -2.37. The maximum Gasteiger partial charge on any atom is 0.287 e. The van der Waals surface area contributed by atoms with Crippen LogP contribution in [-0.2, 0) is 6.42 Å². The standard InChI is InChI=1S/C17H24N2O2S2/c1-17(2)11-19(16(20)22-4)15(23-12-17)18-10-9-13-7-5-6-8-14(13)21-3/h5-8H,9-12H2,1-4H3/b18-15-. The first-order valence-electron chi connectivity index (χ1n) is 7.61. The molecule has 0 spiro atoms. The fourth-order valence-electron chi connectivity index (χ4n) is 2.44. The summed E-state index contributed by atoms with van der Waals surface area (Å²) in [4.78, 5) is 18.7. The van der Waals surface area contributed by atoms with E-state index in [4.69, 9.17) is 4.74 Å². The second-order valence-electron chi connectivity index (χ2n) is 6.24. The van der Waals surface area contributed by atoms with Gasteiger partial charge in [-0.3, -0.25) is 14.7 Å². The molecule has 126 valence electrons. The molecular weight excluding hydrogens is 328 g/mol. The van der Waals surface area contributed by atoms with Gasteiger partial charge in [0.25, 0.3) is 5.24 Å². The summed E-state index contributed by atoms with van der Waals surface area (Å²) in [5.41, 5.74) is 1.26. The first-order chi connectivity index (χ1) is 11.0. The number of carbonyl (C=O) groups is 1. The van der Waals surface area contributed by atoms with Gasteiger partial charge < -0.3 is 4.74 Å². The molecular formula is C17H24N2O2S2. The number of hydrogen-bond donors (Lipinski definition) is 0. The van der Waals surface area contributed by atoms with E-state index in [0.29, 0.717) is 6.54 Å². The average Bonchev–Trinajstić information content (AvgIpc) is 2.55. The number of nitrogens with zero attached hydrogens (tertiary/aromatic N) is 2. The quantitative estimate of drug-likeness (QED) is 0.816. The molecule has 0 radical (unpaired) electrons. The lowest BCUT2D eigenvalue weighted by atomic mass is 9.96. The Bertz CT molecular complexity index is 588. The van der Waals surface area contributed by atoms with Gasteiger partial charge in [0.15, 0.2) is 5.17 Å². The molecule has 0 atom stereocenters. The minimum Gasteiger partial charge on any atom is -0.496 e. The maximum absolute atomic E-state index is 12.2. The number of ether oxygens (including phenoxy) is 1. The Morgan fingerprint density at radius 1 is 1.43 bits per heavy atom. The lowest BCUT2D eigenvalue weighted by Crippen LogP contribution is -2.45. The van der Waals surface area contributed by atoms with E-state index < -0.39 is 0 Å². The van der Waals surface area contributed by atoms with Crippen molar-refractivity contribution in [3.8, 4) is 5.75 Å². The van der Waals surface area contributed by atoms with Crippen LogP contribution in [0.25, 0.3) is 0 Å². The van der Waals surface area contributed by atoms with Crippen molar-refractivity contribution in [2.24, 2.45) is 10.4 Å². The molecule has 0 N–H and O–H groups in total. The van der Waals surface area contributed by atoms with Gasteiger partial charge in [0, 0.05) is 18.8 Å². The number of amidine groups is 1. The highest BCUT2D eigenvalue weighted by molar-refractivity contribution is 8.15. The number of hydrogen-bond acceptors (Lipinski definition) is 5. The van der Waals surface area contributed by atoms with Gasteiger partial charge in [0.2, 0.25) is 0 Å².